The van der Waals surface area contributed by atoms with Crippen LogP contribution >= 0.6 is 0 Å². The number of carbonyl (C=O) groups is 1. The summed E-state index contributed by atoms with van der Waals surface area (Å²) in [7, 11) is 0. The number of ether oxygens (including phenoxy) is 1. The van der Waals surface area contributed by atoms with Crippen molar-refractivity contribution in [3.8, 4) is 5.75 Å². The van der Waals surface area contributed by atoms with Crippen LogP contribution in [0.2, 0.25) is 0 Å². The van der Waals surface area contributed by atoms with Crippen LogP contribution in [0, 0.1) is 12.7 Å². The van der Waals surface area contributed by atoms with Crippen molar-refractivity contribution in [1.82, 2.24) is 9.47 Å². The average molecular weight is 357 g/mol. The van der Waals surface area contributed by atoms with Crippen LogP contribution in [-0.4, -0.2) is 34.7 Å². The van der Waals surface area contributed by atoms with Gasteiger partial charge in [-0.1, -0.05) is 0 Å². The molecule has 1 aliphatic heterocycles. The largest absolute Gasteiger partial charge is 0.486 e. The van der Waals surface area contributed by atoms with Gasteiger partial charge in [-0.15, -0.1) is 0 Å². The van der Waals surface area contributed by atoms with Gasteiger partial charge < -0.3 is 19.5 Å². The Bertz CT molecular complexity index is 884. The number of nitrogens with zero attached hydrogens (tertiary/aromatic N) is 2. The number of hydrogen-bond acceptors (Lipinski definition) is 3. The van der Waals surface area contributed by atoms with Crippen molar-refractivity contribution in [3.63, 3.8) is 0 Å². The standard InChI is InChI=1S/C19H20FN3O3/c1-12-8-16(9-18(24)23(12)15-6-7-15)26-17-10-22(11-17)19(25)21-14-4-2-13(20)3-5-14/h2-5,8-9,15,17H,6-7,10-11H2,1H3,(H,21,25). The first-order valence-corrected chi connectivity index (χ1v) is 8.71. The normalized spacial score (nSPS) is 16.9. The van der Waals surface area contributed by atoms with Gasteiger partial charge in [0.2, 0.25) is 0 Å². The summed E-state index contributed by atoms with van der Waals surface area (Å²) in [6.45, 7) is 2.80. The van der Waals surface area contributed by atoms with Crippen LogP contribution in [-0.2, 0) is 0 Å². The van der Waals surface area contributed by atoms with E-state index in [0.717, 1.165) is 18.5 Å². The Morgan fingerprint density at radius 1 is 1.19 bits per heavy atom. The Hall–Kier alpha value is -2.83. The molecule has 0 radical (unpaired) electrons. The molecule has 4 rings (SSSR count). The lowest BCUT2D eigenvalue weighted by Crippen LogP contribution is -2.57. The summed E-state index contributed by atoms with van der Waals surface area (Å²) in [5.74, 6) is 0.201. The second-order valence-corrected chi connectivity index (χ2v) is 6.85. The lowest BCUT2D eigenvalue weighted by Gasteiger charge is -2.38. The van der Waals surface area contributed by atoms with Crippen molar-refractivity contribution in [2.24, 2.45) is 0 Å². The van der Waals surface area contributed by atoms with E-state index in [9.17, 15) is 14.0 Å². The van der Waals surface area contributed by atoms with E-state index in [1.54, 1.807) is 4.90 Å². The van der Waals surface area contributed by atoms with Gasteiger partial charge in [0, 0.05) is 23.5 Å². The van der Waals surface area contributed by atoms with Crippen LogP contribution in [0.4, 0.5) is 14.9 Å². The van der Waals surface area contributed by atoms with E-state index < -0.39 is 0 Å². The van der Waals surface area contributed by atoms with Crippen molar-refractivity contribution in [2.45, 2.75) is 31.9 Å². The van der Waals surface area contributed by atoms with Crippen LogP contribution in [0.15, 0.2) is 41.2 Å². The summed E-state index contributed by atoms with van der Waals surface area (Å²) < 4.78 is 20.5. The molecular formula is C19H20FN3O3. The predicted octanol–water partition coefficient (Wildman–Crippen LogP) is 2.93. The molecule has 6 nitrogen and oxygen atoms in total. The molecule has 1 saturated heterocycles. The summed E-state index contributed by atoms with van der Waals surface area (Å²) >= 11 is 0. The van der Waals surface area contributed by atoms with Crippen LogP contribution in [0.5, 0.6) is 5.75 Å². The van der Waals surface area contributed by atoms with Crippen LogP contribution in [0.25, 0.3) is 0 Å². The zero-order valence-corrected chi connectivity index (χ0v) is 14.4. The number of pyridine rings is 1. The molecule has 2 aliphatic rings. The van der Waals surface area contributed by atoms with Crippen LogP contribution in [0.3, 0.4) is 0 Å². The number of benzene rings is 1. The molecule has 0 unspecified atom stereocenters. The van der Waals surface area contributed by atoms with Gasteiger partial charge in [-0.05, 0) is 50.1 Å². The smallest absolute Gasteiger partial charge is 0.322 e. The van der Waals surface area contributed by atoms with E-state index in [4.69, 9.17) is 4.74 Å². The van der Waals surface area contributed by atoms with E-state index >= 15 is 0 Å². The minimum atomic E-state index is -0.348. The Kier molecular flexibility index (Phi) is 4.14. The highest BCUT2D eigenvalue weighted by molar-refractivity contribution is 5.89. The van der Waals surface area contributed by atoms with Gasteiger partial charge in [0.25, 0.3) is 5.56 Å². The molecule has 0 spiro atoms. The fraction of sp³-hybridized carbons (Fsp3) is 0.368. The molecule has 1 saturated carbocycles. The molecule has 2 amide bonds. The second-order valence-electron chi connectivity index (χ2n) is 6.85. The third-order valence-electron chi connectivity index (χ3n) is 4.68. The lowest BCUT2D eigenvalue weighted by molar-refractivity contribution is 0.0490. The van der Waals surface area contributed by atoms with E-state index in [0.29, 0.717) is 30.6 Å². The van der Waals surface area contributed by atoms with Crippen molar-refractivity contribution in [3.05, 3.63) is 58.3 Å². The number of halogens is 1. The summed E-state index contributed by atoms with van der Waals surface area (Å²) in [5.41, 5.74) is 1.41. The molecule has 7 heteroatoms. The van der Waals surface area contributed by atoms with Gasteiger partial charge in [-0.2, -0.15) is 0 Å². The first kappa shape index (κ1) is 16.6. The Labute approximate surface area is 150 Å². The molecule has 26 heavy (non-hydrogen) atoms. The van der Waals surface area contributed by atoms with Crippen LogP contribution < -0.4 is 15.6 Å². The number of likely N-dealkylation sites (tertiary alicyclic amines) is 1. The number of carbonyl (C=O) groups excluding carboxylic acids is 1. The second kappa shape index (κ2) is 6.48. The quantitative estimate of drug-likeness (QED) is 0.915. The minimum Gasteiger partial charge on any atom is -0.486 e. The number of urea groups is 1. The minimum absolute atomic E-state index is 0.0345. The maximum absolute atomic E-state index is 12.9. The van der Waals surface area contributed by atoms with Gasteiger partial charge in [0.15, 0.2) is 0 Å². The molecule has 2 fully saturated rings. The molecule has 2 aromatic rings. The SMILES string of the molecule is Cc1cc(OC2CN(C(=O)Nc3ccc(F)cc3)C2)cc(=O)n1C1CC1. The highest BCUT2D eigenvalue weighted by Gasteiger charge is 2.33. The fourth-order valence-electron chi connectivity index (χ4n) is 3.16. The van der Waals surface area contributed by atoms with Gasteiger partial charge in [-0.3, -0.25) is 4.79 Å². The monoisotopic (exact) mass is 357 g/mol. The fourth-order valence-corrected chi connectivity index (χ4v) is 3.16. The number of aromatic nitrogens is 1. The topological polar surface area (TPSA) is 63.6 Å². The van der Waals surface area contributed by atoms with Gasteiger partial charge in [0.1, 0.15) is 17.7 Å². The third kappa shape index (κ3) is 3.42. The molecular weight excluding hydrogens is 337 g/mol. The maximum Gasteiger partial charge on any atom is 0.322 e. The number of rotatable bonds is 4. The zero-order valence-electron chi connectivity index (χ0n) is 14.4. The Morgan fingerprint density at radius 2 is 1.88 bits per heavy atom. The average Bonchev–Trinajstić information content (AvgIpc) is 3.37. The number of nitrogens with one attached hydrogen (secondary N) is 1. The number of aryl methyl sites for hydroxylation is 1. The molecule has 1 aliphatic carbocycles. The van der Waals surface area contributed by atoms with Crippen molar-refractivity contribution >= 4 is 11.7 Å². The Morgan fingerprint density at radius 3 is 2.50 bits per heavy atom. The highest BCUT2D eigenvalue weighted by atomic mass is 19.1. The number of amides is 2. The van der Waals surface area contributed by atoms with Crippen molar-refractivity contribution < 1.29 is 13.9 Å². The van der Waals surface area contributed by atoms with E-state index in [1.807, 2.05) is 17.6 Å². The van der Waals surface area contributed by atoms with Gasteiger partial charge >= 0.3 is 6.03 Å². The molecule has 1 N–H and O–H groups in total. The molecule has 2 heterocycles. The number of hydrogen-bond donors (Lipinski definition) is 1. The summed E-state index contributed by atoms with van der Waals surface area (Å²) in [6.07, 6.45) is 1.98. The van der Waals surface area contributed by atoms with Crippen molar-refractivity contribution in [1.29, 1.82) is 0 Å². The molecule has 136 valence electrons. The van der Waals surface area contributed by atoms with E-state index in [1.165, 1.54) is 30.3 Å². The Balaban J connectivity index is 1.31. The summed E-state index contributed by atoms with van der Waals surface area (Å²) in [4.78, 5) is 25.9. The van der Waals surface area contributed by atoms with Crippen LogP contribution in [0.1, 0.15) is 24.6 Å². The van der Waals surface area contributed by atoms with Gasteiger partial charge in [0.05, 0.1) is 13.1 Å². The molecule has 0 bridgehead atoms. The van der Waals surface area contributed by atoms with E-state index in [2.05, 4.69) is 5.32 Å². The zero-order chi connectivity index (χ0) is 18.3. The van der Waals surface area contributed by atoms with Gasteiger partial charge in [-0.25, -0.2) is 9.18 Å². The molecule has 1 aromatic heterocycles. The molecule has 0 atom stereocenters. The maximum atomic E-state index is 12.9. The highest BCUT2D eigenvalue weighted by Crippen LogP contribution is 2.35. The first-order valence-electron chi connectivity index (χ1n) is 8.71. The lowest BCUT2D eigenvalue weighted by atomic mass is 10.2. The number of anilines is 1. The first-order chi connectivity index (χ1) is 12.5. The predicted molar refractivity (Wildman–Crippen MR) is 95.1 cm³/mol. The van der Waals surface area contributed by atoms with Crippen molar-refractivity contribution in [2.75, 3.05) is 18.4 Å². The summed E-state index contributed by atoms with van der Waals surface area (Å²) in [6, 6.07) is 9.10. The summed E-state index contributed by atoms with van der Waals surface area (Å²) in [5, 5.41) is 2.71. The third-order valence-corrected chi connectivity index (χ3v) is 4.68. The van der Waals surface area contributed by atoms with E-state index in [-0.39, 0.29) is 23.5 Å². The molecule has 1 aromatic carbocycles.